The molecule has 0 radical (unpaired) electrons. The molecule has 3 rings (SSSR count). The fourth-order valence-corrected chi connectivity index (χ4v) is 3.47. The van der Waals surface area contributed by atoms with Crippen LogP contribution in [0.15, 0.2) is 35.5 Å². The number of hydrogen-bond donors (Lipinski definition) is 2. The van der Waals surface area contributed by atoms with Gasteiger partial charge in [-0.25, -0.2) is 8.42 Å². The van der Waals surface area contributed by atoms with Crippen molar-refractivity contribution in [2.75, 3.05) is 4.72 Å². The second-order valence-corrected chi connectivity index (χ2v) is 6.38. The van der Waals surface area contributed by atoms with Gasteiger partial charge in [-0.2, -0.15) is 8.75 Å². The maximum Gasteiger partial charge on any atom is 0.265 e. The molecule has 0 spiro atoms. The second kappa shape index (κ2) is 4.48. The number of nitrogens with one attached hydrogen (secondary N) is 2. The summed E-state index contributed by atoms with van der Waals surface area (Å²) in [6, 6.07) is 4.96. The van der Waals surface area contributed by atoms with Crippen molar-refractivity contribution in [3.05, 3.63) is 35.6 Å². The molecule has 0 saturated heterocycles. The van der Waals surface area contributed by atoms with Crippen molar-refractivity contribution in [2.24, 2.45) is 0 Å². The fourth-order valence-electron chi connectivity index (χ4n) is 1.70. The number of rotatable bonds is 3. The number of H-pyrrole nitrogens is 1. The van der Waals surface area contributed by atoms with Crippen molar-refractivity contribution in [1.82, 2.24) is 13.7 Å². The van der Waals surface area contributed by atoms with Gasteiger partial charge in [-0.15, -0.1) is 0 Å². The zero-order valence-electron chi connectivity index (χ0n) is 9.29. The van der Waals surface area contributed by atoms with E-state index in [1.807, 2.05) is 0 Å². The average Bonchev–Trinajstić information content (AvgIpc) is 2.96. The van der Waals surface area contributed by atoms with Crippen molar-refractivity contribution in [3.8, 4) is 0 Å². The summed E-state index contributed by atoms with van der Waals surface area (Å²) in [5, 5.41) is 1.11. The lowest BCUT2D eigenvalue weighted by atomic mass is 10.2. The number of sulfonamides is 1. The van der Waals surface area contributed by atoms with Crippen LogP contribution >= 0.6 is 23.3 Å². The van der Waals surface area contributed by atoms with E-state index in [1.54, 1.807) is 18.2 Å². The Morgan fingerprint density at radius 3 is 2.95 bits per heavy atom. The van der Waals surface area contributed by atoms with Crippen LogP contribution in [-0.2, 0) is 10.0 Å². The predicted octanol–water partition coefficient (Wildman–Crippen LogP) is 2.47. The van der Waals surface area contributed by atoms with Crippen LogP contribution in [0.1, 0.15) is 0 Å². The third-order valence-corrected chi connectivity index (χ3v) is 4.60. The maximum atomic E-state index is 12.2. The third kappa shape index (κ3) is 2.29. The van der Waals surface area contributed by atoms with Crippen LogP contribution in [-0.4, -0.2) is 22.1 Å². The minimum atomic E-state index is -3.70. The Morgan fingerprint density at radius 1 is 1.37 bits per heavy atom. The molecule has 0 unspecified atom stereocenters. The summed E-state index contributed by atoms with van der Waals surface area (Å²) in [4.78, 5) is 3.02. The molecule has 6 nitrogen and oxygen atoms in total. The smallest absolute Gasteiger partial charge is 0.265 e. The van der Waals surface area contributed by atoms with Gasteiger partial charge in [-0.05, 0) is 18.2 Å². The molecule has 1 aromatic carbocycles. The molecule has 0 fully saturated rings. The van der Waals surface area contributed by atoms with Crippen LogP contribution in [0, 0.1) is 0 Å². The van der Waals surface area contributed by atoms with E-state index in [0.717, 1.165) is 11.7 Å². The summed E-state index contributed by atoms with van der Waals surface area (Å²) in [6.45, 7) is 0. The van der Waals surface area contributed by atoms with E-state index < -0.39 is 10.0 Å². The molecule has 2 heterocycles. The molecule has 0 saturated carbocycles. The minimum Gasteiger partial charge on any atom is -0.360 e. The number of nitrogens with zero attached hydrogens (tertiary/aromatic N) is 2. The van der Waals surface area contributed by atoms with Crippen LogP contribution in [0.2, 0.25) is 5.02 Å². The highest BCUT2D eigenvalue weighted by molar-refractivity contribution is 7.93. The average molecular weight is 315 g/mol. The Bertz CT molecular complexity index is 826. The molecular weight excluding hydrogens is 308 g/mol. The van der Waals surface area contributed by atoms with Gasteiger partial charge in [-0.1, -0.05) is 11.6 Å². The monoisotopic (exact) mass is 314 g/mol. The lowest BCUT2D eigenvalue weighted by Gasteiger charge is -2.03. The first kappa shape index (κ1) is 12.4. The Hall–Kier alpha value is -1.64. The minimum absolute atomic E-state index is 0.146. The van der Waals surface area contributed by atoms with Gasteiger partial charge in [-0.3, -0.25) is 4.72 Å². The highest BCUT2D eigenvalue weighted by Gasteiger charge is 2.20. The molecule has 0 atom stereocenters. The highest BCUT2D eigenvalue weighted by Crippen LogP contribution is 2.26. The number of benzene rings is 1. The SMILES string of the molecule is O=S(=O)(Nc1cnsn1)c1c[nH]c2cc(Cl)ccc12. The molecular formula is C10H7ClN4O2S2. The zero-order chi connectivity index (χ0) is 13.5. The van der Waals surface area contributed by atoms with Gasteiger partial charge in [0, 0.05) is 22.1 Å². The summed E-state index contributed by atoms with van der Waals surface area (Å²) >= 11 is 6.79. The molecule has 0 aliphatic carbocycles. The van der Waals surface area contributed by atoms with Gasteiger partial charge in [0.05, 0.1) is 17.9 Å². The van der Waals surface area contributed by atoms with Crippen LogP contribution in [0.25, 0.3) is 10.9 Å². The van der Waals surface area contributed by atoms with Gasteiger partial charge in [0.2, 0.25) is 0 Å². The van der Waals surface area contributed by atoms with Crippen molar-refractivity contribution >= 4 is 50.1 Å². The number of fused-ring (bicyclic) bond motifs is 1. The molecule has 2 aromatic heterocycles. The molecule has 9 heteroatoms. The van der Waals surface area contributed by atoms with Gasteiger partial charge in [0.1, 0.15) is 4.90 Å². The molecule has 0 bridgehead atoms. The Morgan fingerprint density at radius 2 is 2.21 bits per heavy atom. The van der Waals surface area contributed by atoms with Gasteiger partial charge in [0.25, 0.3) is 10.0 Å². The Labute approximate surface area is 117 Å². The quantitative estimate of drug-likeness (QED) is 0.777. The van der Waals surface area contributed by atoms with E-state index in [-0.39, 0.29) is 10.7 Å². The highest BCUT2D eigenvalue weighted by atomic mass is 35.5. The maximum absolute atomic E-state index is 12.2. The first-order valence-electron chi connectivity index (χ1n) is 5.13. The second-order valence-electron chi connectivity index (χ2n) is 3.74. The number of halogens is 1. The lowest BCUT2D eigenvalue weighted by molar-refractivity contribution is 0.602. The van der Waals surface area contributed by atoms with Crippen molar-refractivity contribution in [3.63, 3.8) is 0 Å². The van der Waals surface area contributed by atoms with Crippen molar-refractivity contribution < 1.29 is 8.42 Å². The number of anilines is 1. The van der Waals surface area contributed by atoms with Crippen molar-refractivity contribution in [1.29, 1.82) is 0 Å². The molecule has 2 N–H and O–H groups in total. The van der Waals surface area contributed by atoms with Crippen LogP contribution in [0.3, 0.4) is 0 Å². The summed E-state index contributed by atoms with van der Waals surface area (Å²) in [6.07, 6.45) is 2.77. The van der Waals surface area contributed by atoms with E-state index >= 15 is 0 Å². The number of aromatic nitrogens is 3. The van der Waals surface area contributed by atoms with Crippen LogP contribution in [0.5, 0.6) is 0 Å². The molecule has 0 aliphatic heterocycles. The summed E-state index contributed by atoms with van der Waals surface area (Å²) in [5.74, 6) is 0.202. The summed E-state index contributed by atoms with van der Waals surface area (Å²) < 4.78 is 34.4. The fraction of sp³-hybridized carbons (Fsp3) is 0. The van der Waals surface area contributed by atoms with E-state index in [1.165, 1.54) is 12.4 Å². The lowest BCUT2D eigenvalue weighted by Crippen LogP contribution is -2.12. The van der Waals surface area contributed by atoms with Gasteiger partial charge < -0.3 is 4.98 Å². The molecule has 19 heavy (non-hydrogen) atoms. The summed E-state index contributed by atoms with van der Waals surface area (Å²) in [5.41, 5.74) is 0.657. The van der Waals surface area contributed by atoms with Crippen LogP contribution in [0.4, 0.5) is 5.82 Å². The zero-order valence-corrected chi connectivity index (χ0v) is 11.7. The van der Waals surface area contributed by atoms with E-state index in [0.29, 0.717) is 15.9 Å². The normalized spacial score (nSPS) is 11.8. The first-order valence-corrected chi connectivity index (χ1v) is 7.72. The standard InChI is InChI=1S/C10H7ClN4O2S2/c11-6-1-2-7-8(3-6)12-4-9(7)19(16,17)15-10-5-13-18-14-10/h1-5,12H,(H,14,15). The van der Waals surface area contributed by atoms with E-state index in [4.69, 9.17) is 11.6 Å². The number of hydrogen-bond acceptors (Lipinski definition) is 5. The Balaban J connectivity index is 2.08. The topological polar surface area (TPSA) is 87.7 Å². The molecule has 0 amide bonds. The number of aromatic amines is 1. The van der Waals surface area contributed by atoms with Crippen molar-refractivity contribution in [2.45, 2.75) is 4.90 Å². The predicted molar refractivity (Wildman–Crippen MR) is 74.0 cm³/mol. The first-order chi connectivity index (χ1) is 9.06. The van der Waals surface area contributed by atoms with E-state index in [2.05, 4.69) is 18.5 Å². The van der Waals surface area contributed by atoms with E-state index in [9.17, 15) is 8.42 Å². The van der Waals surface area contributed by atoms with Crippen LogP contribution < -0.4 is 4.72 Å². The third-order valence-electron chi connectivity index (χ3n) is 2.50. The Kier molecular flexibility index (Phi) is 2.92. The largest absolute Gasteiger partial charge is 0.360 e. The summed E-state index contributed by atoms with van der Waals surface area (Å²) in [7, 11) is -3.70. The molecule has 98 valence electrons. The van der Waals surface area contributed by atoms with Gasteiger partial charge in [0.15, 0.2) is 5.82 Å². The van der Waals surface area contributed by atoms with Gasteiger partial charge >= 0.3 is 0 Å². The molecule has 3 aromatic rings. The molecule has 0 aliphatic rings.